The number of nitrogens with one attached hydrogen (secondary N) is 2. The van der Waals surface area contributed by atoms with Gasteiger partial charge in [0, 0.05) is 9.79 Å². The van der Waals surface area contributed by atoms with Crippen LogP contribution >= 0.6 is 23.5 Å². The SMILES string of the molecule is N#CC(C#N)=C1Nc2ccc3c4c(ccc3c2S1)NC(=C(C#N)C#N)S4. The molecule has 2 heterocycles. The van der Waals surface area contributed by atoms with Crippen LogP contribution in [0.3, 0.4) is 0 Å². The summed E-state index contributed by atoms with van der Waals surface area (Å²) < 4.78 is 0. The largest absolute Gasteiger partial charge is 0.347 e. The number of nitriles is 4. The van der Waals surface area contributed by atoms with E-state index >= 15 is 0 Å². The Morgan fingerprint density at radius 3 is 1.38 bits per heavy atom. The molecule has 0 fully saturated rings. The molecule has 0 aromatic heterocycles. The summed E-state index contributed by atoms with van der Waals surface area (Å²) in [5.74, 6) is 0. The Bertz CT molecular complexity index is 1100. The van der Waals surface area contributed by atoms with Gasteiger partial charge in [-0.05, 0) is 22.9 Å². The zero-order valence-electron chi connectivity index (χ0n) is 12.9. The van der Waals surface area contributed by atoms with Crippen LogP contribution in [-0.2, 0) is 0 Å². The highest BCUT2D eigenvalue weighted by Crippen LogP contribution is 2.51. The summed E-state index contributed by atoms with van der Waals surface area (Å²) in [7, 11) is 0. The summed E-state index contributed by atoms with van der Waals surface area (Å²) in [5, 5.41) is 45.6. The minimum atomic E-state index is 0.0504. The molecule has 0 amide bonds. The third-order valence-corrected chi connectivity index (χ3v) is 6.22. The minimum absolute atomic E-state index is 0.0504. The molecule has 2 aliphatic heterocycles. The van der Waals surface area contributed by atoms with E-state index in [0.717, 1.165) is 31.9 Å². The van der Waals surface area contributed by atoms with Gasteiger partial charge in [-0.1, -0.05) is 35.7 Å². The summed E-state index contributed by atoms with van der Waals surface area (Å²) >= 11 is 2.72. The fraction of sp³-hybridized carbons (Fsp3) is 0. The van der Waals surface area contributed by atoms with Crippen molar-refractivity contribution < 1.29 is 0 Å². The van der Waals surface area contributed by atoms with Crippen LogP contribution in [0, 0.1) is 45.3 Å². The molecule has 0 atom stereocenters. The predicted molar refractivity (Wildman–Crippen MR) is 99.4 cm³/mol. The lowest BCUT2D eigenvalue weighted by molar-refractivity contribution is 1.42. The Morgan fingerprint density at radius 2 is 1.04 bits per heavy atom. The highest BCUT2D eigenvalue weighted by molar-refractivity contribution is 8.04. The fourth-order valence-corrected chi connectivity index (χ4v) is 4.90. The predicted octanol–water partition coefficient (Wildman–Crippen LogP) is 4.39. The average molecular weight is 370 g/mol. The van der Waals surface area contributed by atoms with Gasteiger partial charge in [-0.15, -0.1) is 0 Å². The van der Waals surface area contributed by atoms with E-state index in [0.29, 0.717) is 10.1 Å². The third kappa shape index (κ3) is 2.26. The van der Waals surface area contributed by atoms with Gasteiger partial charge < -0.3 is 10.6 Å². The molecule has 0 saturated carbocycles. The van der Waals surface area contributed by atoms with E-state index < -0.39 is 0 Å². The molecule has 120 valence electrons. The van der Waals surface area contributed by atoms with E-state index in [-0.39, 0.29) is 11.1 Å². The standard InChI is InChI=1S/C18H6N6S2/c19-5-9(6-20)17-23-13-3-1-11-12(16(13)26-17)2-4-14-15(11)25-18(24-14)10(7-21)8-22/h1-4,23-24H. The molecule has 0 unspecified atom stereocenters. The Hall–Kier alpha value is -3.56. The smallest absolute Gasteiger partial charge is 0.160 e. The van der Waals surface area contributed by atoms with E-state index in [1.807, 2.05) is 48.5 Å². The second-order valence-corrected chi connectivity index (χ2v) is 7.33. The number of anilines is 2. The molecule has 0 spiro atoms. The van der Waals surface area contributed by atoms with Gasteiger partial charge in [0.15, 0.2) is 11.1 Å². The number of benzene rings is 2. The lowest BCUT2D eigenvalue weighted by Gasteiger charge is -2.07. The molecule has 4 rings (SSSR count). The monoisotopic (exact) mass is 370 g/mol. The number of nitrogens with zero attached hydrogens (tertiary/aromatic N) is 4. The molecule has 0 saturated heterocycles. The minimum Gasteiger partial charge on any atom is -0.347 e. The normalized spacial score (nSPS) is 13.4. The first-order chi connectivity index (χ1) is 12.7. The second kappa shape index (κ2) is 6.06. The molecular formula is C18H6N6S2. The first-order valence-corrected chi connectivity index (χ1v) is 8.92. The summed E-state index contributed by atoms with van der Waals surface area (Å²) in [6.45, 7) is 0. The topological polar surface area (TPSA) is 119 Å². The molecular weight excluding hydrogens is 364 g/mol. The van der Waals surface area contributed by atoms with Gasteiger partial charge in [-0.2, -0.15) is 21.0 Å². The molecule has 0 bridgehead atoms. The number of rotatable bonds is 0. The Labute approximate surface area is 157 Å². The maximum atomic E-state index is 9.08. The highest BCUT2D eigenvalue weighted by atomic mass is 32.2. The average Bonchev–Trinajstić information content (AvgIpc) is 3.27. The van der Waals surface area contributed by atoms with Gasteiger partial charge in [-0.3, -0.25) is 0 Å². The van der Waals surface area contributed by atoms with Crippen molar-refractivity contribution in [2.24, 2.45) is 0 Å². The molecule has 0 aliphatic carbocycles. The van der Waals surface area contributed by atoms with E-state index in [9.17, 15) is 0 Å². The van der Waals surface area contributed by atoms with Crippen LogP contribution in [0.1, 0.15) is 0 Å². The van der Waals surface area contributed by atoms with Crippen LogP contribution in [0.25, 0.3) is 10.8 Å². The van der Waals surface area contributed by atoms with Crippen LogP contribution in [0.2, 0.25) is 0 Å². The van der Waals surface area contributed by atoms with Crippen LogP contribution in [0.15, 0.2) is 55.3 Å². The van der Waals surface area contributed by atoms with Crippen molar-refractivity contribution in [3.8, 4) is 24.3 Å². The lowest BCUT2D eigenvalue weighted by atomic mass is 10.1. The van der Waals surface area contributed by atoms with E-state index in [4.69, 9.17) is 21.0 Å². The van der Waals surface area contributed by atoms with Crippen molar-refractivity contribution in [2.45, 2.75) is 9.79 Å². The number of hydrogen-bond donors (Lipinski definition) is 2. The Morgan fingerprint density at radius 1 is 0.654 bits per heavy atom. The van der Waals surface area contributed by atoms with Gasteiger partial charge in [0.1, 0.15) is 34.3 Å². The first kappa shape index (κ1) is 15.9. The third-order valence-electron chi connectivity index (χ3n) is 3.91. The zero-order valence-corrected chi connectivity index (χ0v) is 14.5. The number of hydrogen-bond acceptors (Lipinski definition) is 8. The molecule has 6 nitrogen and oxygen atoms in total. The summed E-state index contributed by atoms with van der Waals surface area (Å²) in [5.41, 5.74) is 1.80. The lowest BCUT2D eigenvalue weighted by Crippen LogP contribution is -1.92. The molecule has 2 aliphatic rings. The molecule has 2 aromatic carbocycles. The maximum Gasteiger partial charge on any atom is 0.160 e. The van der Waals surface area contributed by atoms with Crippen molar-refractivity contribution in [1.29, 1.82) is 21.0 Å². The fourth-order valence-electron chi connectivity index (χ4n) is 2.75. The van der Waals surface area contributed by atoms with Gasteiger partial charge >= 0.3 is 0 Å². The van der Waals surface area contributed by atoms with Crippen molar-refractivity contribution in [2.75, 3.05) is 10.6 Å². The molecule has 0 radical (unpaired) electrons. The van der Waals surface area contributed by atoms with Crippen LogP contribution in [0.4, 0.5) is 11.4 Å². The quantitative estimate of drug-likeness (QED) is 0.655. The number of allylic oxidation sites excluding steroid dienone is 2. The Kier molecular flexibility index (Phi) is 3.72. The van der Waals surface area contributed by atoms with Crippen molar-refractivity contribution in [3.05, 3.63) is 45.5 Å². The van der Waals surface area contributed by atoms with Crippen molar-refractivity contribution >= 4 is 45.7 Å². The zero-order chi connectivity index (χ0) is 18.3. The molecule has 2 aromatic rings. The summed E-state index contributed by atoms with van der Waals surface area (Å²) in [4.78, 5) is 1.89. The van der Waals surface area contributed by atoms with Crippen molar-refractivity contribution in [1.82, 2.24) is 0 Å². The number of thioether (sulfide) groups is 2. The van der Waals surface area contributed by atoms with Gasteiger partial charge in [0.2, 0.25) is 0 Å². The van der Waals surface area contributed by atoms with E-state index in [2.05, 4.69) is 10.6 Å². The summed E-state index contributed by atoms with van der Waals surface area (Å²) in [6, 6.07) is 15.3. The first-order valence-electron chi connectivity index (χ1n) is 7.28. The van der Waals surface area contributed by atoms with E-state index in [1.165, 1.54) is 23.5 Å². The second-order valence-electron chi connectivity index (χ2n) is 5.29. The van der Waals surface area contributed by atoms with Crippen LogP contribution in [0.5, 0.6) is 0 Å². The molecule has 26 heavy (non-hydrogen) atoms. The van der Waals surface area contributed by atoms with Crippen LogP contribution in [-0.4, -0.2) is 0 Å². The van der Waals surface area contributed by atoms with Gasteiger partial charge in [0.05, 0.1) is 11.4 Å². The van der Waals surface area contributed by atoms with E-state index in [1.54, 1.807) is 0 Å². The number of fused-ring (bicyclic) bond motifs is 5. The summed E-state index contributed by atoms with van der Waals surface area (Å²) in [6.07, 6.45) is 0. The maximum absolute atomic E-state index is 9.08. The van der Waals surface area contributed by atoms with Gasteiger partial charge in [-0.25, -0.2) is 0 Å². The highest BCUT2D eigenvalue weighted by Gasteiger charge is 2.26. The van der Waals surface area contributed by atoms with Gasteiger partial charge in [0.25, 0.3) is 0 Å². The van der Waals surface area contributed by atoms with Crippen molar-refractivity contribution in [3.63, 3.8) is 0 Å². The molecule has 2 N–H and O–H groups in total. The molecule has 8 heteroatoms. The van der Waals surface area contributed by atoms with Crippen LogP contribution < -0.4 is 10.6 Å². The Balaban J connectivity index is 1.87.